The van der Waals surface area contributed by atoms with Gasteiger partial charge in [0, 0.05) is 20.2 Å². The number of rotatable bonds is 3. The van der Waals surface area contributed by atoms with Crippen LogP contribution in [0.5, 0.6) is 0 Å². The Morgan fingerprint density at radius 1 is 1.65 bits per heavy atom. The second-order valence-electron chi connectivity index (χ2n) is 5.17. The summed E-state index contributed by atoms with van der Waals surface area (Å²) in [5.41, 5.74) is 5.80. The van der Waals surface area contributed by atoms with Crippen LogP contribution < -0.4 is 5.73 Å². The minimum atomic E-state index is -0.646. The maximum absolute atomic E-state index is 12.4. The van der Waals surface area contributed by atoms with Crippen molar-refractivity contribution < 1.29 is 9.53 Å². The predicted molar refractivity (Wildman–Crippen MR) is 80.3 cm³/mol. The van der Waals surface area contributed by atoms with Gasteiger partial charge in [-0.25, -0.2) is 0 Å². The maximum Gasteiger partial charge on any atom is 0.254 e. The minimum absolute atomic E-state index is 0.0517. The molecule has 20 heavy (non-hydrogen) atoms. The predicted octanol–water partition coefficient (Wildman–Crippen LogP) is 1.59. The smallest absolute Gasteiger partial charge is 0.254 e. The van der Waals surface area contributed by atoms with Crippen LogP contribution in [0.1, 0.15) is 30.2 Å². The molecule has 2 N–H and O–H groups in total. The molecule has 1 saturated heterocycles. The highest BCUT2D eigenvalue weighted by Gasteiger charge is 2.39. The Balaban J connectivity index is 1.98. The minimum Gasteiger partial charge on any atom is -0.365 e. The summed E-state index contributed by atoms with van der Waals surface area (Å²) in [7, 11) is 1.82. The summed E-state index contributed by atoms with van der Waals surface area (Å²) in [4.78, 5) is 15.1. The number of hydrogen-bond acceptors (Lipinski definition) is 4. The van der Waals surface area contributed by atoms with Gasteiger partial charge < -0.3 is 15.4 Å². The molecule has 1 unspecified atom stereocenters. The molecule has 2 rings (SSSR count). The number of nitrogens with zero attached hydrogens (tertiary/aromatic N) is 1. The number of carbonyl (C=O) groups is 1. The van der Waals surface area contributed by atoms with Gasteiger partial charge in [0.25, 0.3) is 5.91 Å². The molecule has 0 bridgehead atoms. The van der Waals surface area contributed by atoms with Crippen LogP contribution in [-0.4, -0.2) is 36.6 Å². The van der Waals surface area contributed by atoms with Gasteiger partial charge in [0.15, 0.2) is 0 Å². The van der Waals surface area contributed by atoms with Crippen molar-refractivity contribution in [1.29, 1.82) is 0 Å². The van der Waals surface area contributed by atoms with Gasteiger partial charge in [0.2, 0.25) is 0 Å². The van der Waals surface area contributed by atoms with Crippen molar-refractivity contribution in [3.63, 3.8) is 0 Å². The van der Waals surface area contributed by atoms with Crippen LogP contribution in [0.4, 0.5) is 0 Å². The Morgan fingerprint density at radius 3 is 3.10 bits per heavy atom. The highest BCUT2D eigenvalue weighted by molar-refractivity contribution is 7.10. The highest BCUT2D eigenvalue weighted by Crippen LogP contribution is 2.27. The molecule has 1 fully saturated rings. The molecule has 5 heteroatoms. The zero-order valence-corrected chi connectivity index (χ0v) is 12.8. The van der Waals surface area contributed by atoms with E-state index in [1.807, 2.05) is 25.4 Å². The van der Waals surface area contributed by atoms with Crippen LogP contribution in [-0.2, 0) is 16.1 Å². The number of ether oxygens (including phenoxy) is 1. The molecule has 4 nitrogen and oxygen atoms in total. The van der Waals surface area contributed by atoms with Crippen molar-refractivity contribution >= 4 is 17.2 Å². The van der Waals surface area contributed by atoms with E-state index in [4.69, 9.17) is 10.5 Å². The van der Waals surface area contributed by atoms with E-state index in [-0.39, 0.29) is 5.91 Å². The molecule has 1 atom stereocenters. The third-order valence-electron chi connectivity index (χ3n) is 3.41. The van der Waals surface area contributed by atoms with E-state index in [2.05, 4.69) is 11.8 Å². The Bertz CT molecular complexity index is 536. The fourth-order valence-electron chi connectivity index (χ4n) is 2.36. The molecule has 1 aromatic rings. The highest BCUT2D eigenvalue weighted by atomic mass is 32.1. The number of amides is 1. The molecule has 0 aliphatic carbocycles. The van der Waals surface area contributed by atoms with Gasteiger partial charge in [0.1, 0.15) is 5.60 Å². The standard InChI is InChI=1S/C15H20N2O2S/c1-15(6-4-8-19-15)14(18)17(2)10-12-9-13(20-11-12)5-3-7-16/h9,11H,4,6-8,10,16H2,1-2H3. The normalized spacial score (nSPS) is 21.4. The summed E-state index contributed by atoms with van der Waals surface area (Å²) in [6, 6.07) is 2.01. The Morgan fingerprint density at radius 2 is 2.45 bits per heavy atom. The SMILES string of the molecule is CN(Cc1csc(C#CCN)c1)C(=O)C1(C)CCCO1. The lowest BCUT2D eigenvalue weighted by atomic mass is 10.0. The van der Waals surface area contributed by atoms with Gasteiger partial charge in [-0.15, -0.1) is 11.3 Å². The molecule has 1 amide bonds. The molecular weight excluding hydrogens is 272 g/mol. The first-order chi connectivity index (χ1) is 9.55. The third kappa shape index (κ3) is 3.40. The van der Waals surface area contributed by atoms with E-state index in [1.54, 1.807) is 16.2 Å². The quantitative estimate of drug-likeness (QED) is 0.861. The fourth-order valence-corrected chi connectivity index (χ4v) is 3.13. The lowest BCUT2D eigenvalue weighted by molar-refractivity contribution is -0.150. The Labute approximate surface area is 123 Å². The summed E-state index contributed by atoms with van der Waals surface area (Å²) in [6.07, 6.45) is 1.75. The molecule has 1 aliphatic rings. The molecule has 108 valence electrons. The van der Waals surface area contributed by atoms with Crippen molar-refractivity contribution in [3.8, 4) is 11.8 Å². The largest absolute Gasteiger partial charge is 0.365 e. The summed E-state index contributed by atoms with van der Waals surface area (Å²) in [5.74, 6) is 5.89. The van der Waals surface area contributed by atoms with Crippen molar-refractivity contribution in [2.75, 3.05) is 20.2 Å². The summed E-state index contributed by atoms with van der Waals surface area (Å²) in [6.45, 7) is 3.50. The van der Waals surface area contributed by atoms with Crippen LogP contribution in [0.2, 0.25) is 0 Å². The van der Waals surface area contributed by atoms with Gasteiger partial charge >= 0.3 is 0 Å². The van der Waals surface area contributed by atoms with Gasteiger partial charge in [-0.2, -0.15) is 0 Å². The number of carbonyl (C=O) groups excluding carboxylic acids is 1. The molecule has 1 aliphatic heterocycles. The number of nitrogens with two attached hydrogens (primary N) is 1. The van der Waals surface area contributed by atoms with E-state index in [1.165, 1.54) is 0 Å². The second-order valence-corrected chi connectivity index (χ2v) is 6.08. The molecule has 1 aromatic heterocycles. The molecule has 0 saturated carbocycles. The lowest BCUT2D eigenvalue weighted by Gasteiger charge is -2.28. The first-order valence-electron chi connectivity index (χ1n) is 6.71. The van der Waals surface area contributed by atoms with E-state index in [0.29, 0.717) is 19.7 Å². The van der Waals surface area contributed by atoms with Gasteiger partial charge in [-0.1, -0.05) is 11.8 Å². The summed E-state index contributed by atoms with van der Waals surface area (Å²) < 4.78 is 5.59. The fraction of sp³-hybridized carbons (Fsp3) is 0.533. The Kier molecular flexibility index (Phi) is 4.81. The average Bonchev–Trinajstić information content (AvgIpc) is 3.05. The van der Waals surface area contributed by atoms with Crippen molar-refractivity contribution in [2.45, 2.75) is 31.9 Å². The number of hydrogen-bond donors (Lipinski definition) is 1. The molecular formula is C15H20N2O2S. The van der Waals surface area contributed by atoms with E-state index in [9.17, 15) is 4.79 Å². The maximum atomic E-state index is 12.4. The van der Waals surface area contributed by atoms with Crippen LogP contribution in [0.25, 0.3) is 0 Å². The first kappa shape index (κ1) is 15.0. The first-order valence-corrected chi connectivity index (χ1v) is 7.59. The molecule has 0 radical (unpaired) electrons. The van der Waals surface area contributed by atoms with Gasteiger partial charge in [-0.05, 0) is 36.8 Å². The van der Waals surface area contributed by atoms with Crippen LogP contribution in [0.3, 0.4) is 0 Å². The second kappa shape index (κ2) is 6.40. The van der Waals surface area contributed by atoms with E-state index >= 15 is 0 Å². The topological polar surface area (TPSA) is 55.6 Å². The van der Waals surface area contributed by atoms with Gasteiger partial charge in [-0.3, -0.25) is 4.79 Å². The zero-order chi connectivity index (χ0) is 14.6. The van der Waals surface area contributed by atoms with Crippen LogP contribution >= 0.6 is 11.3 Å². The van der Waals surface area contributed by atoms with Crippen molar-refractivity contribution in [2.24, 2.45) is 5.73 Å². The van der Waals surface area contributed by atoms with Crippen molar-refractivity contribution in [3.05, 3.63) is 21.9 Å². The number of thiophene rings is 1. The van der Waals surface area contributed by atoms with Crippen LogP contribution in [0.15, 0.2) is 11.4 Å². The number of likely N-dealkylation sites (N-methyl/N-ethyl adjacent to an activating group) is 1. The van der Waals surface area contributed by atoms with Crippen molar-refractivity contribution in [1.82, 2.24) is 4.90 Å². The third-order valence-corrected chi connectivity index (χ3v) is 4.30. The Hall–Kier alpha value is -1.35. The monoisotopic (exact) mass is 292 g/mol. The van der Waals surface area contributed by atoms with Crippen LogP contribution in [0, 0.1) is 11.8 Å². The van der Waals surface area contributed by atoms with E-state index < -0.39 is 5.60 Å². The molecule has 2 heterocycles. The van der Waals surface area contributed by atoms with Gasteiger partial charge in [0.05, 0.1) is 11.4 Å². The molecule has 0 aromatic carbocycles. The molecule has 0 spiro atoms. The van der Waals surface area contributed by atoms with E-state index in [0.717, 1.165) is 23.3 Å². The summed E-state index contributed by atoms with van der Waals surface area (Å²) >= 11 is 1.58. The lowest BCUT2D eigenvalue weighted by Crippen LogP contribution is -2.44. The average molecular weight is 292 g/mol. The summed E-state index contributed by atoms with van der Waals surface area (Å²) in [5, 5.41) is 2.03. The zero-order valence-electron chi connectivity index (χ0n) is 11.9.